The largest absolute Gasteiger partial charge is 0.426 e. The molecule has 0 unspecified atom stereocenters. The summed E-state index contributed by atoms with van der Waals surface area (Å²) in [6.45, 7) is 2.02. The van der Waals surface area contributed by atoms with E-state index in [2.05, 4.69) is 12.2 Å². The SMILES string of the molecule is Cc1cc(OC(=O)[C@@H]2CC(=O)N(c3cccc(Cl)c3)C2)ccc1N1C(=O)[C@@H]2[C@H]3C=C[C@@H]([C@@H]4C[C@@H]34)[C@@H]2C1=O. The third kappa shape index (κ3) is 3.40. The third-order valence-electron chi connectivity index (χ3n) is 8.87. The van der Waals surface area contributed by atoms with Gasteiger partial charge in [-0.25, -0.2) is 4.90 Å². The van der Waals surface area contributed by atoms with Gasteiger partial charge in [0.05, 0.1) is 23.4 Å². The number of anilines is 2. The van der Waals surface area contributed by atoms with Crippen LogP contribution in [-0.2, 0) is 19.2 Å². The molecule has 8 heteroatoms. The summed E-state index contributed by atoms with van der Waals surface area (Å²) in [5, 5.41) is 0.516. The minimum Gasteiger partial charge on any atom is -0.426 e. The predicted molar refractivity (Wildman–Crippen MR) is 136 cm³/mol. The van der Waals surface area contributed by atoms with Gasteiger partial charge in [-0.2, -0.15) is 0 Å². The van der Waals surface area contributed by atoms with E-state index in [-0.39, 0.29) is 54.4 Å². The number of amides is 3. The number of hydrogen-bond donors (Lipinski definition) is 0. The van der Waals surface area contributed by atoms with Crippen LogP contribution >= 0.6 is 11.6 Å². The number of hydrogen-bond acceptors (Lipinski definition) is 5. The molecule has 7 atom stereocenters. The molecule has 188 valence electrons. The zero-order valence-electron chi connectivity index (χ0n) is 20.2. The van der Waals surface area contributed by atoms with E-state index in [1.807, 2.05) is 0 Å². The molecule has 8 rings (SSSR count). The van der Waals surface area contributed by atoms with Gasteiger partial charge in [0.15, 0.2) is 0 Å². The molecule has 0 N–H and O–H groups in total. The summed E-state index contributed by atoms with van der Waals surface area (Å²) in [6, 6.07) is 11.9. The number of esters is 1. The Morgan fingerprint density at radius 1 is 0.973 bits per heavy atom. The van der Waals surface area contributed by atoms with Gasteiger partial charge in [-0.3, -0.25) is 19.2 Å². The summed E-state index contributed by atoms with van der Waals surface area (Å²) >= 11 is 6.05. The zero-order valence-corrected chi connectivity index (χ0v) is 20.9. The lowest BCUT2D eigenvalue weighted by Gasteiger charge is -2.37. The van der Waals surface area contributed by atoms with E-state index >= 15 is 0 Å². The van der Waals surface area contributed by atoms with Crippen LogP contribution in [0.25, 0.3) is 0 Å². The Labute approximate surface area is 219 Å². The maximum absolute atomic E-state index is 13.4. The minimum absolute atomic E-state index is 0.0559. The Morgan fingerprint density at radius 2 is 1.68 bits per heavy atom. The molecule has 0 radical (unpaired) electrons. The summed E-state index contributed by atoms with van der Waals surface area (Å²) in [6.07, 6.45) is 5.50. The Kier molecular flexibility index (Phi) is 4.93. The highest BCUT2D eigenvalue weighted by atomic mass is 35.5. The molecule has 2 aliphatic heterocycles. The highest BCUT2D eigenvalue weighted by Crippen LogP contribution is 2.65. The van der Waals surface area contributed by atoms with Gasteiger partial charge in [-0.15, -0.1) is 0 Å². The van der Waals surface area contributed by atoms with Crippen molar-refractivity contribution in [3.63, 3.8) is 0 Å². The molecule has 2 saturated heterocycles. The Bertz CT molecular complexity index is 1380. The van der Waals surface area contributed by atoms with E-state index in [9.17, 15) is 19.2 Å². The van der Waals surface area contributed by atoms with Crippen molar-refractivity contribution >= 4 is 46.7 Å². The molecule has 37 heavy (non-hydrogen) atoms. The topological polar surface area (TPSA) is 84.0 Å². The van der Waals surface area contributed by atoms with Crippen LogP contribution in [0.3, 0.4) is 0 Å². The first-order valence-electron chi connectivity index (χ1n) is 12.8. The average molecular weight is 517 g/mol. The van der Waals surface area contributed by atoms with E-state index in [0.29, 0.717) is 39.5 Å². The lowest BCUT2D eigenvalue weighted by atomic mass is 9.63. The van der Waals surface area contributed by atoms with Gasteiger partial charge < -0.3 is 9.64 Å². The van der Waals surface area contributed by atoms with Crippen molar-refractivity contribution in [2.75, 3.05) is 16.3 Å². The standard InChI is InChI=1S/C29H25ClN2O5/c1-14-9-18(37-29(36)15-10-24(33)31(13-15)17-4-2-3-16(30)11-17)5-8-23(14)32-27(34)25-19-6-7-20(22-12-21(19)22)26(25)28(32)35/h2-9,11,15,19-22,25-26H,10,12-13H2,1H3/t15-,19+,20+,21+,22+,25-,26+/m1/s1. The normalized spacial score (nSPS) is 33.1. The van der Waals surface area contributed by atoms with Crippen LogP contribution in [0.2, 0.25) is 5.02 Å². The van der Waals surface area contributed by atoms with Crippen molar-refractivity contribution < 1.29 is 23.9 Å². The van der Waals surface area contributed by atoms with Gasteiger partial charge in [0.2, 0.25) is 17.7 Å². The van der Waals surface area contributed by atoms with Crippen molar-refractivity contribution in [2.24, 2.45) is 41.4 Å². The maximum Gasteiger partial charge on any atom is 0.316 e. The molecule has 2 saturated carbocycles. The minimum atomic E-state index is -0.606. The number of allylic oxidation sites excluding steroid dienone is 2. The van der Waals surface area contributed by atoms with Crippen LogP contribution in [0.15, 0.2) is 54.6 Å². The average Bonchev–Trinajstić information content (AvgIpc) is 3.55. The summed E-state index contributed by atoms with van der Waals surface area (Å²) in [5.74, 6) is -0.251. The molecule has 4 fully saturated rings. The molecule has 2 bridgehead atoms. The molecule has 2 aromatic rings. The summed E-state index contributed by atoms with van der Waals surface area (Å²) in [4.78, 5) is 55.2. The van der Waals surface area contributed by atoms with Crippen molar-refractivity contribution in [1.82, 2.24) is 0 Å². The predicted octanol–water partition coefficient (Wildman–Crippen LogP) is 4.16. The summed E-state index contributed by atoms with van der Waals surface area (Å²) < 4.78 is 5.62. The molecular weight excluding hydrogens is 492 g/mol. The number of ether oxygens (including phenoxy) is 1. The maximum atomic E-state index is 13.4. The molecule has 4 aliphatic carbocycles. The van der Waals surface area contributed by atoms with Crippen molar-refractivity contribution in [1.29, 1.82) is 0 Å². The fourth-order valence-electron chi connectivity index (χ4n) is 7.10. The smallest absolute Gasteiger partial charge is 0.316 e. The molecule has 7 nitrogen and oxygen atoms in total. The lowest BCUT2D eigenvalue weighted by Crippen LogP contribution is -2.40. The first kappa shape index (κ1) is 22.7. The van der Waals surface area contributed by atoms with Crippen LogP contribution in [0.5, 0.6) is 5.75 Å². The first-order valence-corrected chi connectivity index (χ1v) is 13.1. The Balaban J connectivity index is 1.07. The number of benzene rings is 2. The van der Waals surface area contributed by atoms with Crippen LogP contribution in [0.1, 0.15) is 18.4 Å². The van der Waals surface area contributed by atoms with Crippen LogP contribution in [0.4, 0.5) is 11.4 Å². The molecule has 3 amide bonds. The second kappa shape index (κ2) is 8.02. The number of nitrogens with zero attached hydrogens (tertiary/aromatic N) is 2. The number of halogens is 1. The lowest BCUT2D eigenvalue weighted by molar-refractivity contribution is -0.139. The summed E-state index contributed by atoms with van der Waals surface area (Å²) in [5.41, 5.74) is 1.87. The molecule has 2 heterocycles. The monoisotopic (exact) mass is 516 g/mol. The Hall–Kier alpha value is -3.45. The van der Waals surface area contributed by atoms with Crippen LogP contribution < -0.4 is 14.5 Å². The number of aryl methyl sites for hydroxylation is 1. The molecule has 0 aromatic heterocycles. The van der Waals surface area contributed by atoms with Crippen LogP contribution in [0, 0.1) is 48.3 Å². The van der Waals surface area contributed by atoms with E-state index < -0.39 is 11.9 Å². The van der Waals surface area contributed by atoms with Crippen molar-refractivity contribution in [3.8, 4) is 5.75 Å². The quantitative estimate of drug-likeness (QED) is 0.264. The fraction of sp³-hybridized carbons (Fsp3) is 0.379. The zero-order chi connectivity index (χ0) is 25.6. The van der Waals surface area contributed by atoms with Gasteiger partial charge in [-0.1, -0.05) is 29.8 Å². The van der Waals surface area contributed by atoms with Gasteiger partial charge in [0.1, 0.15) is 5.75 Å². The van der Waals surface area contributed by atoms with E-state index in [1.54, 1.807) is 54.3 Å². The number of imide groups is 1. The number of rotatable bonds is 4. The Morgan fingerprint density at radius 3 is 2.32 bits per heavy atom. The van der Waals surface area contributed by atoms with Gasteiger partial charge >= 0.3 is 5.97 Å². The molecule has 0 spiro atoms. The highest BCUT2D eigenvalue weighted by Gasteiger charge is 2.67. The third-order valence-corrected chi connectivity index (χ3v) is 9.10. The van der Waals surface area contributed by atoms with Crippen LogP contribution in [-0.4, -0.2) is 30.2 Å². The van der Waals surface area contributed by atoms with E-state index in [0.717, 1.165) is 6.42 Å². The molecular formula is C29H25ClN2O5. The number of carbonyl (C=O) groups excluding carboxylic acids is 4. The number of carbonyl (C=O) groups is 4. The van der Waals surface area contributed by atoms with Gasteiger partial charge in [-0.05, 0) is 79.0 Å². The molecule has 6 aliphatic rings. The second-order valence-corrected chi connectivity index (χ2v) is 11.4. The van der Waals surface area contributed by atoms with Crippen molar-refractivity contribution in [2.45, 2.75) is 19.8 Å². The van der Waals surface area contributed by atoms with E-state index in [4.69, 9.17) is 16.3 Å². The van der Waals surface area contributed by atoms with Crippen molar-refractivity contribution in [3.05, 3.63) is 65.2 Å². The highest BCUT2D eigenvalue weighted by molar-refractivity contribution is 6.31. The summed E-state index contributed by atoms with van der Waals surface area (Å²) in [7, 11) is 0. The first-order chi connectivity index (χ1) is 17.8. The van der Waals surface area contributed by atoms with Gasteiger partial charge in [0.25, 0.3) is 0 Å². The van der Waals surface area contributed by atoms with E-state index in [1.165, 1.54) is 4.90 Å². The second-order valence-electron chi connectivity index (χ2n) is 10.9. The fourth-order valence-corrected chi connectivity index (χ4v) is 7.28. The molecule has 2 aromatic carbocycles. The van der Waals surface area contributed by atoms with Gasteiger partial charge in [0, 0.05) is 23.7 Å².